The zero-order chi connectivity index (χ0) is 13.1. The third kappa shape index (κ3) is 3.56. The molecule has 1 aromatic heterocycles. The summed E-state index contributed by atoms with van der Waals surface area (Å²) in [5.74, 6) is 6.12. The zero-order valence-corrected chi connectivity index (χ0v) is 10.2. The van der Waals surface area contributed by atoms with E-state index in [4.69, 9.17) is 11.6 Å². The van der Waals surface area contributed by atoms with E-state index >= 15 is 0 Å². The number of hydrazine groups is 1. The van der Waals surface area contributed by atoms with Crippen LogP contribution in [0.5, 0.6) is 0 Å². The number of nitrogen functional groups attached to an aromatic ring is 1. The molecule has 1 rings (SSSR count). The summed E-state index contributed by atoms with van der Waals surface area (Å²) in [7, 11) is 0. The normalized spacial score (nSPS) is 11.1. The predicted octanol–water partition coefficient (Wildman–Crippen LogP) is 0.137. The molecule has 0 spiro atoms. The largest absolute Gasteiger partial charge is 0.370 e. The van der Waals surface area contributed by atoms with Crippen LogP contribution >= 0.6 is 0 Å². The molecule has 7 nitrogen and oxygen atoms in total. The quantitative estimate of drug-likeness (QED) is 0.428. The van der Waals surface area contributed by atoms with Gasteiger partial charge in [-0.1, -0.05) is 0 Å². The molecular formula is C10H18N6O. The number of nitrogens with one attached hydrogen (secondary N) is 2. The van der Waals surface area contributed by atoms with Gasteiger partial charge in [0.15, 0.2) is 0 Å². The van der Waals surface area contributed by atoms with E-state index in [1.54, 1.807) is 0 Å². The van der Waals surface area contributed by atoms with Gasteiger partial charge in [0, 0.05) is 17.5 Å². The fourth-order valence-corrected chi connectivity index (χ4v) is 1.52. The van der Waals surface area contributed by atoms with Crippen molar-refractivity contribution < 1.29 is 4.79 Å². The van der Waals surface area contributed by atoms with Crippen LogP contribution < -0.4 is 22.3 Å². The second kappa shape index (κ2) is 4.96. The van der Waals surface area contributed by atoms with E-state index in [9.17, 15) is 4.79 Å². The third-order valence-corrected chi connectivity index (χ3v) is 2.29. The monoisotopic (exact) mass is 238 g/mol. The summed E-state index contributed by atoms with van der Waals surface area (Å²) in [6.45, 7) is 5.57. The van der Waals surface area contributed by atoms with Gasteiger partial charge in [0.2, 0.25) is 5.91 Å². The summed E-state index contributed by atoms with van der Waals surface area (Å²) in [5.41, 5.74) is 7.97. The van der Waals surface area contributed by atoms with Crippen molar-refractivity contribution >= 4 is 17.5 Å². The first-order chi connectivity index (χ1) is 7.85. The molecule has 1 amide bonds. The van der Waals surface area contributed by atoms with E-state index < -0.39 is 5.54 Å². The summed E-state index contributed by atoms with van der Waals surface area (Å²) in [4.78, 5) is 19.0. The molecule has 0 saturated heterocycles. The molecule has 0 bridgehead atoms. The maximum atomic E-state index is 10.9. The van der Waals surface area contributed by atoms with Crippen LogP contribution in [0.15, 0.2) is 6.33 Å². The minimum Gasteiger partial charge on any atom is -0.370 e. The van der Waals surface area contributed by atoms with Gasteiger partial charge in [-0.15, -0.1) is 0 Å². The highest BCUT2D eigenvalue weighted by atomic mass is 16.1. The van der Waals surface area contributed by atoms with Gasteiger partial charge in [-0.05, 0) is 20.8 Å². The highest BCUT2D eigenvalue weighted by Gasteiger charge is 2.22. The van der Waals surface area contributed by atoms with Crippen LogP contribution in [0.2, 0.25) is 0 Å². The van der Waals surface area contributed by atoms with E-state index in [2.05, 4.69) is 20.7 Å². The molecule has 0 aliphatic heterocycles. The first-order valence-electron chi connectivity index (χ1n) is 5.20. The average molecular weight is 238 g/mol. The molecule has 17 heavy (non-hydrogen) atoms. The zero-order valence-electron chi connectivity index (χ0n) is 10.2. The van der Waals surface area contributed by atoms with Gasteiger partial charge in [-0.2, -0.15) is 0 Å². The SMILES string of the molecule is Cc1c(NN)ncnc1NC(C)(C)CC(N)=O. The van der Waals surface area contributed by atoms with Crippen molar-refractivity contribution in [2.75, 3.05) is 10.7 Å². The van der Waals surface area contributed by atoms with E-state index in [1.165, 1.54) is 6.33 Å². The van der Waals surface area contributed by atoms with Crippen molar-refractivity contribution in [3.8, 4) is 0 Å². The van der Waals surface area contributed by atoms with Crippen molar-refractivity contribution in [2.24, 2.45) is 11.6 Å². The number of carbonyl (C=O) groups is 1. The van der Waals surface area contributed by atoms with Gasteiger partial charge in [-0.3, -0.25) is 4.79 Å². The minimum atomic E-state index is -0.475. The lowest BCUT2D eigenvalue weighted by Gasteiger charge is -2.26. The van der Waals surface area contributed by atoms with Gasteiger partial charge in [0.25, 0.3) is 0 Å². The maximum absolute atomic E-state index is 10.9. The molecule has 0 radical (unpaired) electrons. The Morgan fingerprint density at radius 1 is 1.41 bits per heavy atom. The number of nitrogens with zero attached hydrogens (tertiary/aromatic N) is 2. The van der Waals surface area contributed by atoms with Crippen LogP contribution in [0.1, 0.15) is 25.8 Å². The van der Waals surface area contributed by atoms with Crippen molar-refractivity contribution in [2.45, 2.75) is 32.7 Å². The Kier molecular flexibility index (Phi) is 3.84. The molecular weight excluding hydrogens is 220 g/mol. The van der Waals surface area contributed by atoms with Crippen molar-refractivity contribution in [3.05, 3.63) is 11.9 Å². The Morgan fingerprint density at radius 3 is 2.53 bits per heavy atom. The van der Waals surface area contributed by atoms with E-state index in [0.717, 1.165) is 5.56 Å². The number of hydrogen-bond donors (Lipinski definition) is 4. The van der Waals surface area contributed by atoms with Crippen molar-refractivity contribution in [3.63, 3.8) is 0 Å². The summed E-state index contributed by atoms with van der Waals surface area (Å²) >= 11 is 0. The Morgan fingerprint density at radius 2 is 2.00 bits per heavy atom. The first kappa shape index (κ1) is 13.2. The molecule has 0 atom stereocenters. The molecule has 0 aromatic carbocycles. The van der Waals surface area contributed by atoms with Crippen LogP contribution in [0.4, 0.5) is 11.6 Å². The van der Waals surface area contributed by atoms with E-state index in [0.29, 0.717) is 11.6 Å². The molecule has 94 valence electrons. The highest BCUT2D eigenvalue weighted by molar-refractivity contribution is 5.75. The molecule has 0 saturated carbocycles. The van der Waals surface area contributed by atoms with Gasteiger partial charge in [0.1, 0.15) is 18.0 Å². The fraction of sp³-hybridized carbons (Fsp3) is 0.500. The summed E-state index contributed by atoms with van der Waals surface area (Å²) < 4.78 is 0. The Balaban J connectivity index is 2.91. The summed E-state index contributed by atoms with van der Waals surface area (Å²) in [6, 6.07) is 0. The molecule has 0 fully saturated rings. The van der Waals surface area contributed by atoms with Gasteiger partial charge >= 0.3 is 0 Å². The molecule has 1 heterocycles. The average Bonchev–Trinajstić information content (AvgIpc) is 2.19. The second-order valence-corrected chi connectivity index (χ2v) is 4.49. The molecule has 0 aliphatic carbocycles. The lowest BCUT2D eigenvalue weighted by molar-refractivity contribution is -0.118. The van der Waals surface area contributed by atoms with E-state index in [1.807, 2.05) is 20.8 Å². The Bertz CT molecular complexity index is 417. The lowest BCUT2D eigenvalue weighted by Crippen LogP contribution is -2.36. The van der Waals surface area contributed by atoms with Gasteiger partial charge < -0.3 is 16.5 Å². The van der Waals surface area contributed by atoms with Crippen LogP contribution in [0, 0.1) is 6.92 Å². The molecule has 7 heteroatoms. The molecule has 6 N–H and O–H groups in total. The topological polar surface area (TPSA) is 119 Å². The predicted molar refractivity (Wildman–Crippen MR) is 66.1 cm³/mol. The summed E-state index contributed by atoms with van der Waals surface area (Å²) in [5, 5.41) is 3.15. The molecule has 0 aliphatic rings. The number of amides is 1. The number of primary amides is 1. The molecule has 1 aromatic rings. The number of rotatable bonds is 5. The van der Waals surface area contributed by atoms with Crippen LogP contribution in [-0.2, 0) is 4.79 Å². The smallest absolute Gasteiger partial charge is 0.219 e. The standard InChI is InChI=1S/C10H18N6O/c1-6-8(13-5-14-9(6)16-12)15-10(2,3)4-7(11)17/h5H,4,12H2,1-3H3,(H2,11,17)(H2,13,14,15,16). The van der Waals surface area contributed by atoms with Crippen molar-refractivity contribution in [1.82, 2.24) is 9.97 Å². The van der Waals surface area contributed by atoms with E-state index in [-0.39, 0.29) is 12.3 Å². The highest BCUT2D eigenvalue weighted by Crippen LogP contribution is 2.22. The third-order valence-electron chi connectivity index (χ3n) is 2.29. The Hall–Kier alpha value is -1.89. The van der Waals surface area contributed by atoms with Crippen molar-refractivity contribution in [1.29, 1.82) is 0 Å². The summed E-state index contributed by atoms with van der Waals surface area (Å²) in [6.07, 6.45) is 1.60. The number of nitrogens with two attached hydrogens (primary N) is 2. The van der Waals surface area contributed by atoms with Gasteiger partial charge in [-0.25, -0.2) is 15.8 Å². The van der Waals surface area contributed by atoms with Gasteiger partial charge in [0.05, 0.1) is 0 Å². The van der Waals surface area contributed by atoms with Crippen LogP contribution in [0.25, 0.3) is 0 Å². The fourth-order valence-electron chi connectivity index (χ4n) is 1.52. The minimum absolute atomic E-state index is 0.210. The Labute approximate surface area is 100.0 Å². The number of carbonyl (C=O) groups excluding carboxylic acids is 1. The van der Waals surface area contributed by atoms with Crippen LogP contribution in [0.3, 0.4) is 0 Å². The first-order valence-corrected chi connectivity index (χ1v) is 5.20. The number of hydrogen-bond acceptors (Lipinski definition) is 6. The number of aromatic nitrogens is 2. The van der Waals surface area contributed by atoms with Crippen LogP contribution in [-0.4, -0.2) is 21.4 Å². The lowest BCUT2D eigenvalue weighted by atomic mass is 10.00. The second-order valence-electron chi connectivity index (χ2n) is 4.49. The molecule has 0 unspecified atom stereocenters. The number of anilines is 2. The maximum Gasteiger partial charge on any atom is 0.219 e.